The van der Waals surface area contributed by atoms with Gasteiger partial charge in [0, 0.05) is 6.54 Å². The molecule has 0 amide bonds. The zero-order valence-electron chi connectivity index (χ0n) is 10.5. The van der Waals surface area contributed by atoms with Crippen molar-refractivity contribution in [2.24, 2.45) is 11.7 Å². The topological polar surface area (TPSA) is 46.2 Å². The summed E-state index contributed by atoms with van der Waals surface area (Å²) in [5.41, 5.74) is 6.99. The highest BCUT2D eigenvalue weighted by Crippen LogP contribution is 2.25. The van der Waals surface area contributed by atoms with Crippen molar-refractivity contribution in [2.75, 3.05) is 6.54 Å². The van der Waals surface area contributed by atoms with Crippen molar-refractivity contribution in [3.63, 3.8) is 0 Å². The van der Waals surface area contributed by atoms with Gasteiger partial charge in [-0.05, 0) is 29.9 Å². The molecule has 1 aromatic carbocycles. The Morgan fingerprint density at radius 1 is 1.38 bits per heavy atom. The highest BCUT2D eigenvalue weighted by Gasteiger charge is 2.25. The van der Waals surface area contributed by atoms with Gasteiger partial charge in [0.05, 0.1) is 0 Å². The molecular weight excluding hydrogens is 198 g/mol. The van der Waals surface area contributed by atoms with Gasteiger partial charge in [-0.2, -0.15) is 0 Å². The molecule has 0 spiro atoms. The molecule has 0 bridgehead atoms. The first-order valence-corrected chi connectivity index (χ1v) is 6.03. The highest BCUT2D eigenvalue weighted by molar-refractivity contribution is 5.28. The Kier molecular flexibility index (Phi) is 4.51. The number of hydrogen-bond acceptors (Lipinski definition) is 2. The van der Waals surface area contributed by atoms with Gasteiger partial charge in [-0.25, -0.2) is 0 Å². The minimum Gasteiger partial charge on any atom is -0.384 e. The maximum Gasteiger partial charge on any atom is 0.102 e. The average Bonchev–Trinajstić information content (AvgIpc) is 2.27. The summed E-state index contributed by atoms with van der Waals surface area (Å²) in [7, 11) is 0. The molecule has 1 atom stereocenters. The number of nitrogens with two attached hydrogens (primary N) is 1. The van der Waals surface area contributed by atoms with E-state index in [0.29, 0.717) is 12.3 Å². The molecule has 0 aliphatic heterocycles. The summed E-state index contributed by atoms with van der Waals surface area (Å²) in [4.78, 5) is 0. The summed E-state index contributed by atoms with van der Waals surface area (Å²) in [6.07, 6.45) is 1.69. The van der Waals surface area contributed by atoms with E-state index >= 15 is 0 Å². The third-order valence-electron chi connectivity index (χ3n) is 3.03. The van der Waals surface area contributed by atoms with Crippen molar-refractivity contribution < 1.29 is 5.11 Å². The zero-order valence-corrected chi connectivity index (χ0v) is 10.5. The van der Waals surface area contributed by atoms with E-state index in [9.17, 15) is 5.11 Å². The summed E-state index contributed by atoms with van der Waals surface area (Å²) in [6, 6.07) is 8.15. The molecule has 0 aliphatic carbocycles. The van der Waals surface area contributed by atoms with Crippen molar-refractivity contribution in [2.45, 2.75) is 39.2 Å². The Morgan fingerprint density at radius 3 is 2.56 bits per heavy atom. The van der Waals surface area contributed by atoms with E-state index in [1.165, 1.54) is 5.56 Å². The standard InChI is InChI=1S/C14H23NO/c1-4-14(16,10-15)13-7-5-6-12(9-13)8-11(2)3/h5-7,9,11,16H,4,8,10,15H2,1-3H3. The minimum atomic E-state index is -0.868. The molecule has 0 saturated heterocycles. The van der Waals surface area contributed by atoms with E-state index in [1.807, 2.05) is 19.1 Å². The van der Waals surface area contributed by atoms with E-state index in [2.05, 4.69) is 26.0 Å². The Balaban J connectivity index is 2.97. The second kappa shape index (κ2) is 5.46. The largest absolute Gasteiger partial charge is 0.384 e. The van der Waals surface area contributed by atoms with Gasteiger partial charge in [-0.1, -0.05) is 45.0 Å². The number of rotatable bonds is 5. The molecule has 0 fully saturated rings. The van der Waals surface area contributed by atoms with Gasteiger partial charge in [-0.15, -0.1) is 0 Å². The minimum absolute atomic E-state index is 0.272. The number of aliphatic hydroxyl groups is 1. The molecule has 0 heterocycles. The van der Waals surface area contributed by atoms with E-state index in [-0.39, 0.29) is 6.54 Å². The van der Waals surface area contributed by atoms with Crippen molar-refractivity contribution in [3.05, 3.63) is 35.4 Å². The van der Waals surface area contributed by atoms with E-state index < -0.39 is 5.60 Å². The van der Waals surface area contributed by atoms with Crippen LogP contribution in [0.3, 0.4) is 0 Å². The van der Waals surface area contributed by atoms with Crippen LogP contribution < -0.4 is 5.73 Å². The van der Waals surface area contributed by atoms with Gasteiger partial charge < -0.3 is 10.8 Å². The fourth-order valence-electron chi connectivity index (χ4n) is 1.93. The molecule has 1 rings (SSSR count). The highest BCUT2D eigenvalue weighted by atomic mass is 16.3. The van der Waals surface area contributed by atoms with E-state index in [0.717, 1.165) is 12.0 Å². The van der Waals surface area contributed by atoms with Gasteiger partial charge in [0.25, 0.3) is 0 Å². The third kappa shape index (κ3) is 3.06. The van der Waals surface area contributed by atoms with Crippen molar-refractivity contribution in [1.29, 1.82) is 0 Å². The van der Waals surface area contributed by atoms with Gasteiger partial charge in [0.2, 0.25) is 0 Å². The molecule has 90 valence electrons. The normalized spacial score (nSPS) is 15.1. The van der Waals surface area contributed by atoms with Gasteiger partial charge in [0.15, 0.2) is 0 Å². The molecule has 0 radical (unpaired) electrons. The summed E-state index contributed by atoms with van der Waals surface area (Å²) < 4.78 is 0. The van der Waals surface area contributed by atoms with Crippen LogP contribution in [0.1, 0.15) is 38.3 Å². The first kappa shape index (κ1) is 13.2. The second-order valence-electron chi connectivity index (χ2n) is 4.89. The lowest BCUT2D eigenvalue weighted by Gasteiger charge is -2.26. The van der Waals surface area contributed by atoms with Gasteiger partial charge >= 0.3 is 0 Å². The Bertz CT molecular complexity index is 329. The van der Waals surface area contributed by atoms with Crippen LogP contribution in [0.2, 0.25) is 0 Å². The van der Waals surface area contributed by atoms with Gasteiger partial charge in [0.1, 0.15) is 5.60 Å². The van der Waals surface area contributed by atoms with Crippen molar-refractivity contribution in [3.8, 4) is 0 Å². The molecule has 1 aromatic rings. The lowest BCUT2D eigenvalue weighted by atomic mass is 9.89. The molecule has 2 nitrogen and oxygen atoms in total. The smallest absolute Gasteiger partial charge is 0.102 e. The zero-order chi connectivity index (χ0) is 12.2. The van der Waals surface area contributed by atoms with E-state index in [1.54, 1.807) is 0 Å². The second-order valence-corrected chi connectivity index (χ2v) is 4.89. The first-order chi connectivity index (χ1) is 7.51. The lowest BCUT2D eigenvalue weighted by molar-refractivity contribution is 0.0418. The van der Waals surface area contributed by atoms with Crippen molar-refractivity contribution >= 4 is 0 Å². The quantitative estimate of drug-likeness (QED) is 0.802. The van der Waals surface area contributed by atoms with Crippen LogP contribution in [0.5, 0.6) is 0 Å². The first-order valence-electron chi connectivity index (χ1n) is 6.03. The average molecular weight is 221 g/mol. The van der Waals surface area contributed by atoms with Crippen LogP contribution in [0.15, 0.2) is 24.3 Å². The Morgan fingerprint density at radius 2 is 2.06 bits per heavy atom. The molecular formula is C14H23NO. The van der Waals surface area contributed by atoms with Crippen molar-refractivity contribution in [1.82, 2.24) is 0 Å². The van der Waals surface area contributed by atoms with Crippen LogP contribution in [-0.4, -0.2) is 11.7 Å². The predicted octanol–water partition coefficient (Wildman–Crippen LogP) is 2.44. The number of hydrogen-bond donors (Lipinski definition) is 2. The maximum absolute atomic E-state index is 10.3. The summed E-state index contributed by atoms with van der Waals surface area (Å²) in [6.45, 7) is 6.62. The maximum atomic E-state index is 10.3. The van der Waals surface area contributed by atoms with Crippen LogP contribution in [0, 0.1) is 5.92 Å². The SMILES string of the molecule is CCC(O)(CN)c1cccc(CC(C)C)c1. The number of benzene rings is 1. The molecule has 16 heavy (non-hydrogen) atoms. The van der Waals surface area contributed by atoms with E-state index in [4.69, 9.17) is 5.73 Å². The molecule has 1 unspecified atom stereocenters. The molecule has 2 heteroatoms. The Hall–Kier alpha value is -0.860. The van der Waals surface area contributed by atoms with Crippen LogP contribution >= 0.6 is 0 Å². The molecule has 3 N–H and O–H groups in total. The predicted molar refractivity (Wildman–Crippen MR) is 68.2 cm³/mol. The van der Waals surface area contributed by atoms with Crippen LogP contribution in [-0.2, 0) is 12.0 Å². The summed E-state index contributed by atoms with van der Waals surface area (Å²) >= 11 is 0. The monoisotopic (exact) mass is 221 g/mol. The lowest BCUT2D eigenvalue weighted by Crippen LogP contribution is -2.34. The molecule has 0 aliphatic rings. The van der Waals surface area contributed by atoms with Crippen LogP contribution in [0.25, 0.3) is 0 Å². The molecule has 0 aromatic heterocycles. The summed E-state index contributed by atoms with van der Waals surface area (Å²) in [5.74, 6) is 0.628. The fraction of sp³-hybridized carbons (Fsp3) is 0.571. The third-order valence-corrected chi connectivity index (χ3v) is 3.03. The fourth-order valence-corrected chi connectivity index (χ4v) is 1.93. The Labute approximate surface area is 98.5 Å². The van der Waals surface area contributed by atoms with Gasteiger partial charge in [-0.3, -0.25) is 0 Å². The summed E-state index contributed by atoms with van der Waals surface area (Å²) in [5, 5.41) is 10.3. The van der Waals surface area contributed by atoms with Crippen LogP contribution in [0.4, 0.5) is 0 Å². The molecule has 0 saturated carbocycles.